The number of carbonyl (C=O) groups excluding carboxylic acids is 1. The second kappa shape index (κ2) is 11.9. The smallest absolute Gasteiger partial charge is 0.326 e. The minimum absolute atomic E-state index is 0.138. The molecule has 3 rings (SSSR count). The highest BCUT2D eigenvalue weighted by Gasteiger charge is 2.22. The summed E-state index contributed by atoms with van der Waals surface area (Å²) in [4.78, 5) is 28.5. The number of nitrogens with one attached hydrogen (secondary N) is 2. The van der Waals surface area contributed by atoms with Crippen LogP contribution in [0.5, 0.6) is 5.75 Å². The number of carbonyl (C=O) groups is 2. The van der Waals surface area contributed by atoms with Crippen LogP contribution in [-0.2, 0) is 11.2 Å². The van der Waals surface area contributed by atoms with Crippen LogP contribution in [-0.4, -0.2) is 41.2 Å². The van der Waals surface area contributed by atoms with Crippen molar-refractivity contribution in [1.29, 1.82) is 0 Å². The Morgan fingerprint density at radius 1 is 1.12 bits per heavy atom. The summed E-state index contributed by atoms with van der Waals surface area (Å²) in [5.74, 6) is -0.117. The highest BCUT2D eigenvalue weighted by molar-refractivity contribution is 6.33. The third kappa shape index (κ3) is 7.50. The largest absolute Gasteiger partial charge is 0.494 e. The lowest BCUT2D eigenvalue weighted by Gasteiger charge is -2.16. The number of rotatable bonds is 11. The van der Waals surface area contributed by atoms with E-state index in [1.165, 1.54) is 0 Å². The molecule has 8 heteroatoms. The first-order valence-corrected chi connectivity index (χ1v) is 11.0. The van der Waals surface area contributed by atoms with Gasteiger partial charge in [-0.15, -0.1) is 0 Å². The Hall–Kier alpha value is -3.58. The molecule has 0 fully saturated rings. The summed E-state index contributed by atoms with van der Waals surface area (Å²) < 4.78 is 5.74. The topological polar surface area (TPSA) is 101 Å². The zero-order valence-electron chi connectivity index (χ0n) is 18.3. The number of aromatic nitrogens is 1. The summed E-state index contributed by atoms with van der Waals surface area (Å²) in [6.45, 7) is 3.10. The van der Waals surface area contributed by atoms with Gasteiger partial charge in [0.25, 0.3) is 5.91 Å². The monoisotopic (exact) mass is 467 g/mol. The lowest BCUT2D eigenvalue weighted by molar-refractivity contribution is -0.139. The molecule has 7 nitrogen and oxygen atoms in total. The molecule has 2 aromatic carbocycles. The Bertz CT molecular complexity index is 1070. The van der Waals surface area contributed by atoms with Crippen LogP contribution in [0.2, 0.25) is 5.02 Å². The number of aliphatic carboxylic acids is 1. The van der Waals surface area contributed by atoms with E-state index in [4.69, 9.17) is 16.3 Å². The van der Waals surface area contributed by atoms with Crippen LogP contribution < -0.4 is 15.4 Å². The van der Waals surface area contributed by atoms with E-state index in [0.29, 0.717) is 12.4 Å². The molecule has 0 radical (unpaired) electrons. The van der Waals surface area contributed by atoms with Gasteiger partial charge in [0.15, 0.2) is 0 Å². The molecule has 0 saturated heterocycles. The summed E-state index contributed by atoms with van der Waals surface area (Å²) in [7, 11) is 0. The van der Waals surface area contributed by atoms with Gasteiger partial charge in [0.05, 0.1) is 17.2 Å². The molecule has 3 aromatic rings. The number of carboxylic acid groups (broad SMARTS) is 1. The van der Waals surface area contributed by atoms with Gasteiger partial charge in [0, 0.05) is 19.2 Å². The summed E-state index contributed by atoms with van der Waals surface area (Å²) in [6, 6.07) is 16.8. The van der Waals surface area contributed by atoms with Crippen LogP contribution in [0.1, 0.15) is 27.9 Å². The summed E-state index contributed by atoms with van der Waals surface area (Å²) in [5.41, 5.74) is 1.88. The minimum Gasteiger partial charge on any atom is -0.494 e. The maximum Gasteiger partial charge on any atom is 0.326 e. The van der Waals surface area contributed by atoms with Crippen LogP contribution in [0.4, 0.5) is 5.82 Å². The van der Waals surface area contributed by atoms with Crippen LogP contribution >= 0.6 is 11.6 Å². The number of hydrogen-bond acceptors (Lipinski definition) is 5. The van der Waals surface area contributed by atoms with Crippen molar-refractivity contribution in [2.24, 2.45) is 0 Å². The molecule has 33 heavy (non-hydrogen) atoms. The van der Waals surface area contributed by atoms with Gasteiger partial charge in [0.2, 0.25) is 0 Å². The van der Waals surface area contributed by atoms with Crippen molar-refractivity contribution < 1.29 is 19.4 Å². The first-order chi connectivity index (χ1) is 15.9. The molecule has 1 aromatic heterocycles. The lowest BCUT2D eigenvalue weighted by Crippen LogP contribution is -2.42. The Kier molecular flexibility index (Phi) is 8.66. The van der Waals surface area contributed by atoms with Crippen LogP contribution in [0.25, 0.3) is 0 Å². The first kappa shape index (κ1) is 24.1. The molecule has 0 aliphatic carbocycles. The number of carboxylic acids is 1. The van der Waals surface area contributed by atoms with Crippen LogP contribution in [0.3, 0.4) is 0 Å². The van der Waals surface area contributed by atoms with Gasteiger partial charge in [-0.25, -0.2) is 9.78 Å². The van der Waals surface area contributed by atoms with E-state index >= 15 is 0 Å². The van der Waals surface area contributed by atoms with Crippen molar-refractivity contribution >= 4 is 29.3 Å². The number of ether oxygens (including phenoxy) is 1. The number of benzene rings is 2. The van der Waals surface area contributed by atoms with Crippen LogP contribution in [0, 0.1) is 6.92 Å². The van der Waals surface area contributed by atoms with Crippen molar-refractivity contribution in [2.75, 3.05) is 18.5 Å². The maximum absolute atomic E-state index is 12.6. The number of aryl methyl sites for hydroxylation is 1. The number of pyridine rings is 1. The maximum atomic E-state index is 12.6. The van der Waals surface area contributed by atoms with Crippen LogP contribution in [0.15, 0.2) is 66.9 Å². The van der Waals surface area contributed by atoms with Crippen molar-refractivity contribution in [3.8, 4) is 5.75 Å². The second-order valence-electron chi connectivity index (χ2n) is 7.54. The van der Waals surface area contributed by atoms with Gasteiger partial charge in [-0.05, 0) is 55.3 Å². The average Bonchev–Trinajstić information content (AvgIpc) is 2.81. The molecule has 3 N–H and O–H groups in total. The van der Waals surface area contributed by atoms with E-state index in [2.05, 4.69) is 15.6 Å². The highest BCUT2D eigenvalue weighted by atomic mass is 35.5. The van der Waals surface area contributed by atoms with E-state index in [1.54, 1.807) is 48.7 Å². The van der Waals surface area contributed by atoms with Gasteiger partial charge in [-0.2, -0.15) is 0 Å². The molecule has 0 aliphatic rings. The fraction of sp³-hybridized carbons (Fsp3) is 0.240. The Labute approximate surface area is 197 Å². The molecule has 0 spiro atoms. The highest BCUT2D eigenvalue weighted by Crippen LogP contribution is 2.18. The first-order valence-electron chi connectivity index (χ1n) is 10.6. The van der Waals surface area contributed by atoms with Crippen molar-refractivity contribution in [3.63, 3.8) is 0 Å². The minimum atomic E-state index is -1.12. The zero-order chi connectivity index (χ0) is 23.6. The molecule has 0 unspecified atom stereocenters. The van der Waals surface area contributed by atoms with Gasteiger partial charge >= 0.3 is 5.97 Å². The predicted molar refractivity (Wildman–Crippen MR) is 128 cm³/mol. The molecule has 0 bridgehead atoms. The summed E-state index contributed by atoms with van der Waals surface area (Å²) in [5, 5.41) is 15.6. The normalized spacial score (nSPS) is 11.5. The van der Waals surface area contributed by atoms with E-state index in [9.17, 15) is 14.7 Å². The molecule has 172 valence electrons. The zero-order valence-corrected chi connectivity index (χ0v) is 19.0. The van der Waals surface area contributed by atoms with E-state index in [0.717, 1.165) is 29.9 Å². The Morgan fingerprint density at radius 2 is 1.91 bits per heavy atom. The van der Waals surface area contributed by atoms with Crippen molar-refractivity contribution in [2.45, 2.75) is 25.8 Å². The lowest BCUT2D eigenvalue weighted by atomic mass is 10.0. The summed E-state index contributed by atoms with van der Waals surface area (Å²) >= 11 is 6.10. The molecular weight excluding hydrogens is 442 g/mol. The standard InChI is InChI=1S/C25H26ClN3O4/c1-17-6-11-21(26)20(15-17)24(30)29-22(25(31)32)16-18-7-9-19(10-8-18)33-14-4-13-28-23-5-2-3-12-27-23/h2-3,5-12,15,22H,4,13-14,16H2,1H3,(H,27,28)(H,29,30)(H,31,32)/t22-/m0/s1. The van der Waals surface area contributed by atoms with Gasteiger partial charge < -0.3 is 20.5 Å². The third-order valence-corrected chi connectivity index (χ3v) is 5.22. The number of halogens is 1. The SMILES string of the molecule is Cc1ccc(Cl)c(C(=O)N[C@@H](Cc2ccc(OCCCNc3ccccn3)cc2)C(=O)O)c1. The molecular formula is C25H26ClN3O4. The second-order valence-corrected chi connectivity index (χ2v) is 7.95. The number of anilines is 1. The fourth-order valence-corrected chi connectivity index (χ4v) is 3.36. The molecule has 1 heterocycles. The quantitative estimate of drug-likeness (QED) is 0.362. The van der Waals surface area contributed by atoms with Gasteiger partial charge in [-0.1, -0.05) is 41.4 Å². The van der Waals surface area contributed by atoms with Crippen molar-refractivity contribution in [3.05, 3.63) is 88.6 Å². The van der Waals surface area contributed by atoms with Crippen molar-refractivity contribution in [1.82, 2.24) is 10.3 Å². The third-order valence-electron chi connectivity index (χ3n) is 4.89. The summed E-state index contributed by atoms with van der Waals surface area (Å²) in [6.07, 6.45) is 2.67. The molecule has 1 amide bonds. The van der Waals surface area contributed by atoms with Gasteiger partial charge in [0.1, 0.15) is 17.6 Å². The number of amides is 1. The Morgan fingerprint density at radius 3 is 2.61 bits per heavy atom. The molecule has 0 aliphatic heterocycles. The average molecular weight is 468 g/mol. The number of hydrogen-bond donors (Lipinski definition) is 3. The number of nitrogens with zero attached hydrogens (tertiary/aromatic N) is 1. The van der Waals surface area contributed by atoms with E-state index in [1.807, 2.05) is 25.1 Å². The van der Waals surface area contributed by atoms with Gasteiger partial charge in [-0.3, -0.25) is 4.79 Å². The van der Waals surface area contributed by atoms with E-state index < -0.39 is 17.9 Å². The Balaban J connectivity index is 1.48. The molecule has 0 saturated carbocycles. The predicted octanol–water partition coefficient (Wildman–Crippen LogP) is 4.35. The molecule has 1 atom stereocenters. The van der Waals surface area contributed by atoms with E-state index in [-0.39, 0.29) is 17.0 Å². The fourth-order valence-electron chi connectivity index (χ4n) is 3.15.